The van der Waals surface area contributed by atoms with Gasteiger partial charge in [-0.05, 0) is 50.8 Å². The molecule has 0 radical (unpaired) electrons. The summed E-state index contributed by atoms with van der Waals surface area (Å²) < 4.78 is 32.7. The number of anilines is 1. The third kappa shape index (κ3) is 5.28. The van der Waals surface area contributed by atoms with Crippen molar-refractivity contribution in [3.05, 3.63) is 23.8 Å². The molecule has 1 atom stereocenters. The van der Waals surface area contributed by atoms with Crippen molar-refractivity contribution >= 4 is 21.6 Å². The van der Waals surface area contributed by atoms with Crippen LogP contribution in [-0.2, 0) is 19.6 Å². The largest absolute Gasteiger partial charge is 0.369 e. The number of carbonyl (C=O) groups is 1. The van der Waals surface area contributed by atoms with Crippen LogP contribution in [0, 0.1) is 6.92 Å². The maximum absolute atomic E-state index is 12.8. The van der Waals surface area contributed by atoms with Gasteiger partial charge in [0.1, 0.15) is 6.10 Å². The molecule has 1 heterocycles. The number of benzene rings is 1. The molecule has 0 spiro atoms. The van der Waals surface area contributed by atoms with Gasteiger partial charge in [0.25, 0.3) is 5.91 Å². The van der Waals surface area contributed by atoms with E-state index in [1.165, 1.54) is 4.31 Å². The number of aryl methyl sites for hydroxylation is 1. The van der Waals surface area contributed by atoms with Crippen molar-refractivity contribution < 1.29 is 17.9 Å². The lowest BCUT2D eigenvalue weighted by atomic mass is 10.2. The molecule has 0 bridgehead atoms. The van der Waals surface area contributed by atoms with E-state index in [1.54, 1.807) is 25.1 Å². The first-order valence-electron chi connectivity index (χ1n) is 9.39. The minimum atomic E-state index is -3.52. The number of piperidine rings is 1. The van der Waals surface area contributed by atoms with Crippen molar-refractivity contribution in [1.29, 1.82) is 0 Å². The second kappa shape index (κ2) is 9.48. The number of sulfonamides is 1. The zero-order valence-electron chi connectivity index (χ0n) is 16.0. The van der Waals surface area contributed by atoms with E-state index >= 15 is 0 Å². The van der Waals surface area contributed by atoms with Crippen LogP contribution in [0.5, 0.6) is 0 Å². The van der Waals surface area contributed by atoms with Crippen LogP contribution in [0.1, 0.15) is 51.5 Å². The third-order valence-electron chi connectivity index (χ3n) is 4.65. The second-order valence-electron chi connectivity index (χ2n) is 6.80. The lowest BCUT2D eigenvalue weighted by Gasteiger charge is -2.26. The number of carbonyl (C=O) groups excluding carboxylic acids is 1. The van der Waals surface area contributed by atoms with Gasteiger partial charge >= 0.3 is 0 Å². The third-order valence-corrected chi connectivity index (χ3v) is 6.55. The Kier molecular flexibility index (Phi) is 7.61. The Morgan fingerprint density at radius 2 is 1.96 bits per heavy atom. The van der Waals surface area contributed by atoms with Gasteiger partial charge in [-0.1, -0.05) is 25.8 Å². The van der Waals surface area contributed by atoms with Gasteiger partial charge in [0.15, 0.2) is 0 Å². The quantitative estimate of drug-likeness (QED) is 0.700. The summed E-state index contributed by atoms with van der Waals surface area (Å²) in [4.78, 5) is 12.5. The van der Waals surface area contributed by atoms with E-state index < -0.39 is 16.1 Å². The molecular formula is C19H30N2O4S. The van der Waals surface area contributed by atoms with Crippen molar-refractivity contribution in [1.82, 2.24) is 4.31 Å². The van der Waals surface area contributed by atoms with E-state index in [0.717, 1.165) is 37.7 Å². The molecule has 2 rings (SSSR count). The van der Waals surface area contributed by atoms with Crippen molar-refractivity contribution in [2.75, 3.05) is 25.0 Å². The number of nitrogens with one attached hydrogen (secondary N) is 1. The molecule has 1 aliphatic heterocycles. The number of hydrogen-bond donors (Lipinski definition) is 1. The Bertz CT molecular complexity index is 712. The Morgan fingerprint density at radius 3 is 2.62 bits per heavy atom. The van der Waals surface area contributed by atoms with Gasteiger partial charge in [-0.25, -0.2) is 8.42 Å². The molecule has 1 saturated heterocycles. The van der Waals surface area contributed by atoms with Crippen LogP contribution in [0.25, 0.3) is 0 Å². The van der Waals surface area contributed by atoms with E-state index in [2.05, 4.69) is 12.2 Å². The van der Waals surface area contributed by atoms with Crippen molar-refractivity contribution in [2.24, 2.45) is 0 Å². The van der Waals surface area contributed by atoms with E-state index in [1.807, 2.05) is 6.92 Å². The van der Waals surface area contributed by atoms with Crippen LogP contribution in [0.15, 0.2) is 23.1 Å². The molecule has 1 amide bonds. The topological polar surface area (TPSA) is 75.7 Å². The van der Waals surface area contributed by atoms with Crippen molar-refractivity contribution in [3.8, 4) is 0 Å². The monoisotopic (exact) mass is 382 g/mol. The molecule has 1 unspecified atom stereocenters. The van der Waals surface area contributed by atoms with Crippen molar-refractivity contribution in [2.45, 2.75) is 63.9 Å². The summed E-state index contributed by atoms with van der Waals surface area (Å²) >= 11 is 0. The highest BCUT2D eigenvalue weighted by Crippen LogP contribution is 2.25. The average Bonchev–Trinajstić information content (AvgIpc) is 2.64. The molecule has 146 valence electrons. The average molecular weight is 383 g/mol. The van der Waals surface area contributed by atoms with Gasteiger partial charge in [0, 0.05) is 25.4 Å². The molecule has 0 saturated carbocycles. The maximum atomic E-state index is 12.8. The summed E-state index contributed by atoms with van der Waals surface area (Å²) in [5.74, 6) is -0.267. The molecule has 0 aliphatic carbocycles. The minimum Gasteiger partial charge on any atom is -0.369 e. The maximum Gasteiger partial charge on any atom is 0.253 e. The van der Waals surface area contributed by atoms with Gasteiger partial charge in [0.05, 0.1) is 4.90 Å². The number of unbranched alkanes of at least 4 members (excludes halogenated alkanes) is 1. The van der Waals surface area contributed by atoms with Gasteiger partial charge in [0.2, 0.25) is 10.0 Å². The van der Waals surface area contributed by atoms with Crippen molar-refractivity contribution in [3.63, 3.8) is 0 Å². The Balaban J connectivity index is 2.12. The van der Waals surface area contributed by atoms with Crippen LogP contribution in [-0.4, -0.2) is 44.4 Å². The summed E-state index contributed by atoms with van der Waals surface area (Å²) in [5, 5.41) is 2.81. The first-order chi connectivity index (χ1) is 12.4. The second-order valence-corrected chi connectivity index (χ2v) is 8.74. The summed E-state index contributed by atoms with van der Waals surface area (Å²) in [6.07, 6.45) is 4.17. The molecule has 7 heteroatoms. The smallest absolute Gasteiger partial charge is 0.253 e. The highest BCUT2D eigenvalue weighted by atomic mass is 32.2. The molecule has 1 N–H and O–H groups in total. The molecule has 26 heavy (non-hydrogen) atoms. The zero-order valence-corrected chi connectivity index (χ0v) is 16.8. The molecule has 1 aromatic rings. The lowest BCUT2D eigenvalue weighted by Crippen LogP contribution is -2.35. The fourth-order valence-corrected chi connectivity index (χ4v) is 4.41. The van der Waals surface area contributed by atoms with Crippen LogP contribution < -0.4 is 5.32 Å². The molecule has 1 aromatic carbocycles. The van der Waals surface area contributed by atoms with Crippen LogP contribution in [0.3, 0.4) is 0 Å². The van der Waals surface area contributed by atoms with Gasteiger partial charge in [-0.2, -0.15) is 4.31 Å². The fraction of sp³-hybridized carbons (Fsp3) is 0.632. The molecular weight excluding hydrogens is 352 g/mol. The fourth-order valence-electron chi connectivity index (χ4n) is 2.87. The zero-order chi connectivity index (χ0) is 19.2. The predicted molar refractivity (Wildman–Crippen MR) is 103 cm³/mol. The molecule has 1 aliphatic rings. The number of amides is 1. The Labute approximate surface area is 157 Å². The Hall–Kier alpha value is -1.44. The normalized spacial score (nSPS) is 17.0. The summed E-state index contributed by atoms with van der Waals surface area (Å²) in [6, 6.07) is 4.89. The Morgan fingerprint density at radius 1 is 1.27 bits per heavy atom. The highest BCUT2D eigenvalue weighted by molar-refractivity contribution is 7.89. The number of nitrogens with zero attached hydrogens (tertiary/aromatic N) is 1. The summed E-state index contributed by atoms with van der Waals surface area (Å²) in [6.45, 7) is 7.25. The van der Waals surface area contributed by atoms with Gasteiger partial charge in [-0.3, -0.25) is 4.79 Å². The van der Waals surface area contributed by atoms with Crippen LogP contribution in [0.4, 0.5) is 5.69 Å². The van der Waals surface area contributed by atoms with Gasteiger partial charge in [-0.15, -0.1) is 0 Å². The van der Waals surface area contributed by atoms with E-state index in [0.29, 0.717) is 25.4 Å². The molecule has 1 fully saturated rings. The van der Waals surface area contributed by atoms with E-state index in [-0.39, 0.29) is 10.8 Å². The van der Waals surface area contributed by atoms with Gasteiger partial charge < -0.3 is 10.1 Å². The number of ether oxygens (including phenoxy) is 1. The van der Waals surface area contributed by atoms with Crippen LogP contribution >= 0.6 is 0 Å². The minimum absolute atomic E-state index is 0.222. The molecule has 0 aromatic heterocycles. The highest BCUT2D eigenvalue weighted by Gasteiger charge is 2.26. The van der Waals surface area contributed by atoms with Crippen LogP contribution in [0.2, 0.25) is 0 Å². The lowest BCUT2D eigenvalue weighted by molar-refractivity contribution is -0.126. The number of rotatable bonds is 8. The van der Waals surface area contributed by atoms with E-state index in [9.17, 15) is 13.2 Å². The predicted octanol–water partition coefficient (Wildman–Crippen LogP) is 3.31. The summed E-state index contributed by atoms with van der Waals surface area (Å²) in [5.41, 5.74) is 1.33. The SMILES string of the molecule is CCCCOC(C)C(=O)Nc1cc(S(=O)(=O)N2CCCCC2)ccc1C. The number of hydrogen-bond acceptors (Lipinski definition) is 4. The van der Waals surface area contributed by atoms with E-state index in [4.69, 9.17) is 4.74 Å². The standard InChI is InChI=1S/C19H30N2O4S/c1-4-5-13-25-16(3)19(22)20-18-14-17(10-9-15(18)2)26(23,24)21-11-7-6-8-12-21/h9-10,14,16H,4-8,11-13H2,1-3H3,(H,20,22). The first kappa shape index (κ1) is 20.9. The summed E-state index contributed by atoms with van der Waals surface area (Å²) in [7, 11) is -3.52. The first-order valence-corrected chi connectivity index (χ1v) is 10.8. The molecule has 6 nitrogen and oxygen atoms in total.